The van der Waals surface area contributed by atoms with Crippen molar-refractivity contribution >= 4 is 6.03 Å². The van der Waals surface area contributed by atoms with Gasteiger partial charge in [0.05, 0.1) is 0 Å². The number of hydrogen-bond acceptors (Lipinski definition) is 1. The van der Waals surface area contributed by atoms with Gasteiger partial charge < -0.3 is 15.2 Å². The van der Waals surface area contributed by atoms with Gasteiger partial charge in [-0.2, -0.15) is 0 Å². The van der Waals surface area contributed by atoms with Crippen molar-refractivity contribution < 1.29 is 4.79 Å². The summed E-state index contributed by atoms with van der Waals surface area (Å²) in [5.41, 5.74) is 1.24. The summed E-state index contributed by atoms with van der Waals surface area (Å²) < 4.78 is 2.00. The summed E-state index contributed by atoms with van der Waals surface area (Å²) >= 11 is 0. The lowest BCUT2D eigenvalue weighted by Crippen LogP contribution is -2.40. The van der Waals surface area contributed by atoms with Crippen molar-refractivity contribution in [2.75, 3.05) is 6.54 Å². The summed E-state index contributed by atoms with van der Waals surface area (Å²) in [6, 6.07) is 2.14. The van der Waals surface area contributed by atoms with Gasteiger partial charge in [0.1, 0.15) is 0 Å². The molecule has 0 saturated carbocycles. The van der Waals surface area contributed by atoms with Crippen molar-refractivity contribution in [2.45, 2.75) is 26.3 Å². The highest BCUT2D eigenvalue weighted by atomic mass is 16.2. The van der Waals surface area contributed by atoms with Crippen molar-refractivity contribution in [2.24, 2.45) is 7.05 Å². The molecular weight excluding hydrogens is 190 g/mol. The second kappa shape index (κ2) is 5.44. The Hall–Kier alpha value is -1.45. The van der Waals surface area contributed by atoms with Crippen molar-refractivity contribution in [3.8, 4) is 0 Å². The van der Waals surface area contributed by atoms with Crippen LogP contribution in [0.3, 0.4) is 0 Å². The number of hydrogen-bond donors (Lipinski definition) is 2. The molecule has 0 unspecified atom stereocenters. The zero-order valence-corrected chi connectivity index (χ0v) is 9.58. The highest BCUT2D eigenvalue weighted by Crippen LogP contribution is 1.99. The number of carbonyl (C=O) groups is 1. The normalized spacial score (nSPS) is 10.4. The van der Waals surface area contributed by atoms with Gasteiger partial charge in [0.25, 0.3) is 0 Å². The van der Waals surface area contributed by atoms with E-state index >= 15 is 0 Å². The minimum atomic E-state index is -0.0964. The van der Waals surface area contributed by atoms with Crippen LogP contribution in [-0.4, -0.2) is 23.2 Å². The van der Waals surface area contributed by atoms with Crippen LogP contribution < -0.4 is 10.6 Å². The largest absolute Gasteiger partial charge is 0.357 e. The first-order chi connectivity index (χ1) is 7.08. The molecule has 0 fully saturated rings. The van der Waals surface area contributed by atoms with E-state index in [4.69, 9.17) is 0 Å². The minimum Gasteiger partial charge on any atom is -0.357 e. The number of nitrogens with one attached hydrogen (secondary N) is 2. The lowest BCUT2D eigenvalue weighted by atomic mass is 10.2. The Morgan fingerprint density at radius 3 is 2.80 bits per heavy atom. The van der Waals surface area contributed by atoms with E-state index in [9.17, 15) is 4.79 Å². The van der Waals surface area contributed by atoms with Gasteiger partial charge in [-0.15, -0.1) is 0 Å². The average Bonchev–Trinajstić information content (AvgIpc) is 2.50. The van der Waals surface area contributed by atoms with Crippen LogP contribution in [0.15, 0.2) is 18.5 Å². The Kier molecular flexibility index (Phi) is 4.21. The van der Waals surface area contributed by atoms with Crippen LogP contribution in [0.25, 0.3) is 0 Å². The number of rotatable bonds is 4. The number of amides is 2. The highest BCUT2D eigenvalue weighted by Gasteiger charge is 2.01. The summed E-state index contributed by atoms with van der Waals surface area (Å²) in [7, 11) is 1.99. The Labute approximate surface area is 90.7 Å². The zero-order valence-electron chi connectivity index (χ0n) is 9.58. The highest BCUT2D eigenvalue weighted by molar-refractivity contribution is 5.74. The Morgan fingerprint density at radius 1 is 1.53 bits per heavy atom. The third kappa shape index (κ3) is 4.54. The van der Waals surface area contributed by atoms with E-state index in [1.807, 2.05) is 31.7 Å². The fourth-order valence-electron chi connectivity index (χ4n) is 1.34. The SMILES string of the molecule is CC(C)NC(=O)NCCc1ccn(C)c1. The van der Waals surface area contributed by atoms with Crippen molar-refractivity contribution in [1.29, 1.82) is 0 Å². The van der Waals surface area contributed by atoms with Gasteiger partial charge in [0.2, 0.25) is 0 Å². The topological polar surface area (TPSA) is 46.1 Å². The lowest BCUT2D eigenvalue weighted by Gasteiger charge is -2.09. The number of nitrogens with zero attached hydrogens (tertiary/aromatic N) is 1. The third-order valence-corrected chi connectivity index (χ3v) is 2.01. The first-order valence-corrected chi connectivity index (χ1v) is 5.23. The average molecular weight is 209 g/mol. The lowest BCUT2D eigenvalue weighted by molar-refractivity contribution is 0.238. The second-order valence-electron chi connectivity index (χ2n) is 3.99. The maximum atomic E-state index is 11.2. The molecule has 0 spiro atoms. The number of aryl methyl sites for hydroxylation is 1. The molecule has 0 aliphatic heterocycles. The summed E-state index contributed by atoms with van der Waals surface area (Å²) in [5, 5.41) is 5.59. The maximum Gasteiger partial charge on any atom is 0.314 e. The van der Waals surface area contributed by atoms with E-state index in [0.717, 1.165) is 6.42 Å². The molecule has 0 atom stereocenters. The number of aromatic nitrogens is 1. The van der Waals surface area contributed by atoms with Crippen LogP contribution in [0.4, 0.5) is 4.79 Å². The molecule has 2 amide bonds. The summed E-state index contributed by atoms with van der Waals surface area (Å²) in [6.45, 7) is 4.55. The standard InChI is InChI=1S/C11H19N3O/c1-9(2)13-11(15)12-6-4-10-5-7-14(3)8-10/h5,7-9H,4,6H2,1-3H3,(H2,12,13,15). The van der Waals surface area contributed by atoms with Crippen LogP contribution in [-0.2, 0) is 13.5 Å². The smallest absolute Gasteiger partial charge is 0.314 e. The van der Waals surface area contributed by atoms with Gasteiger partial charge in [-0.3, -0.25) is 0 Å². The van der Waals surface area contributed by atoms with E-state index in [1.54, 1.807) is 0 Å². The van der Waals surface area contributed by atoms with Gasteiger partial charge in [-0.05, 0) is 31.9 Å². The maximum absolute atomic E-state index is 11.2. The predicted molar refractivity (Wildman–Crippen MR) is 60.8 cm³/mol. The van der Waals surface area contributed by atoms with E-state index in [0.29, 0.717) is 6.54 Å². The van der Waals surface area contributed by atoms with Gasteiger partial charge in [0.15, 0.2) is 0 Å². The monoisotopic (exact) mass is 209 g/mol. The molecule has 0 aliphatic carbocycles. The van der Waals surface area contributed by atoms with Gasteiger partial charge >= 0.3 is 6.03 Å². The fourth-order valence-corrected chi connectivity index (χ4v) is 1.34. The molecular formula is C11H19N3O. The molecule has 84 valence electrons. The molecule has 2 N–H and O–H groups in total. The molecule has 1 aromatic rings. The molecule has 1 heterocycles. The van der Waals surface area contributed by atoms with Crippen molar-refractivity contribution in [3.05, 3.63) is 24.0 Å². The molecule has 15 heavy (non-hydrogen) atoms. The summed E-state index contributed by atoms with van der Waals surface area (Å²) in [5.74, 6) is 0. The van der Waals surface area contributed by atoms with Gasteiger partial charge in [-0.1, -0.05) is 0 Å². The van der Waals surface area contributed by atoms with Gasteiger partial charge in [-0.25, -0.2) is 4.79 Å². The Bertz CT molecular complexity index is 317. The van der Waals surface area contributed by atoms with Crippen molar-refractivity contribution in [3.63, 3.8) is 0 Å². The predicted octanol–water partition coefficient (Wildman–Crippen LogP) is 1.28. The molecule has 0 aromatic carbocycles. The fraction of sp³-hybridized carbons (Fsp3) is 0.545. The first-order valence-electron chi connectivity index (χ1n) is 5.23. The van der Waals surface area contributed by atoms with Crippen LogP contribution in [0, 0.1) is 0 Å². The minimum absolute atomic E-state index is 0.0964. The third-order valence-electron chi connectivity index (χ3n) is 2.01. The van der Waals surface area contributed by atoms with E-state index < -0.39 is 0 Å². The Balaban J connectivity index is 2.19. The molecule has 0 radical (unpaired) electrons. The van der Waals surface area contributed by atoms with Crippen molar-refractivity contribution in [1.82, 2.24) is 15.2 Å². The molecule has 1 aromatic heterocycles. The Morgan fingerprint density at radius 2 is 2.27 bits per heavy atom. The summed E-state index contributed by atoms with van der Waals surface area (Å²) in [6.07, 6.45) is 4.93. The second-order valence-corrected chi connectivity index (χ2v) is 3.99. The van der Waals surface area contributed by atoms with Crippen LogP contribution in [0.2, 0.25) is 0 Å². The number of carbonyl (C=O) groups excluding carboxylic acids is 1. The molecule has 0 aliphatic rings. The van der Waals surface area contributed by atoms with Crippen LogP contribution in [0.1, 0.15) is 19.4 Å². The van der Waals surface area contributed by atoms with Gasteiger partial charge in [0, 0.05) is 32.0 Å². The van der Waals surface area contributed by atoms with E-state index in [1.165, 1.54) is 5.56 Å². The molecule has 4 nitrogen and oxygen atoms in total. The quantitative estimate of drug-likeness (QED) is 0.771. The molecule has 4 heteroatoms. The van der Waals surface area contributed by atoms with E-state index in [-0.39, 0.29) is 12.1 Å². The van der Waals surface area contributed by atoms with Crippen LogP contribution in [0.5, 0.6) is 0 Å². The molecule has 0 bridgehead atoms. The first kappa shape index (κ1) is 11.6. The molecule has 1 rings (SSSR count). The number of urea groups is 1. The zero-order chi connectivity index (χ0) is 11.3. The van der Waals surface area contributed by atoms with E-state index in [2.05, 4.69) is 22.9 Å². The summed E-state index contributed by atoms with van der Waals surface area (Å²) in [4.78, 5) is 11.2. The van der Waals surface area contributed by atoms with Crippen LogP contribution >= 0.6 is 0 Å². The molecule has 0 saturated heterocycles.